The number of nitrogens with one attached hydrogen (secondary N) is 1. The van der Waals surface area contributed by atoms with Gasteiger partial charge in [0.2, 0.25) is 15.9 Å². The molecule has 1 aromatic rings. The third kappa shape index (κ3) is 3.64. The van der Waals surface area contributed by atoms with E-state index in [0.717, 1.165) is 49.9 Å². The van der Waals surface area contributed by atoms with Gasteiger partial charge in [0.25, 0.3) is 0 Å². The molecule has 164 valence electrons. The molecule has 1 N–H and O–H groups in total. The summed E-state index contributed by atoms with van der Waals surface area (Å²) in [6.45, 7) is 0.467. The lowest BCUT2D eigenvalue weighted by Crippen LogP contribution is -2.60. The molecule has 1 amide bonds. The summed E-state index contributed by atoms with van der Waals surface area (Å²) in [5, 5.41) is 3.40. The van der Waals surface area contributed by atoms with Crippen LogP contribution >= 0.6 is 0 Å². The van der Waals surface area contributed by atoms with Gasteiger partial charge in [0.15, 0.2) is 0 Å². The Balaban J connectivity index is 1.28. The Morgan fingerprint density at radius 1 is 1.17 bits per heavy atom. The van der Waals surface area contributed by atoms with Crippen LogP contribution in [-0.2, 0) is 14.8 Å². The van der Waals surface area contributed by atoms with Crippen molar-refractivity contribution in [1.82, 2.24) is 9.62 Å². The zero-order chi connectivity index (χ0) is 20.9. The Morgan fingerprint density at radius 2 is 1.83 bits per heavy atom. The van der Waals surface area contributed by atoms with Crippen LogP contribution in [0.4, 0.5) is 0 Å². The van der Waals surface area contributed by atoms with E-state index in [1.807, 2.05) is 0 Å². The molecule has 0 spiro atoms. The Hall–Kier alpha value is -1.60. The Bertz CT molecular complexity index is 894. The van der Waals surface area contributed by atoms with Crippen LogP contribution in [0.3, 0.4) is 0 Å². The van der Waals surface area contributed by atoms with Gasteiger partial charge in [-0.25, -0.2) is 8.42 Å². The summed E-state index contributed by atoms with van der Waals surface area (Å²) in [5.41, 5.74) is -0.0268. The second-order valence-corrected chi connectivity index (χ2v) is 11.9. The van der Waals surface area contributed by atoms with Crippen molar-refractivity contribution < 1.29 is 17.9 Å². The lowest BCUT2D eigenvalue weighted by atomic mass is 9.53. The highest BCUT2D eigenvalue weighted by atomic mass is 32.2. The molecule has 1 aromatic carbocycles. The van der Waals surface area contributed by atoms with E-state index in [0.29, 0.717) is 12.3 Å². The van der Waals surface area contributed by atoms with Gasteiger partial charge in [0, 0.05) is 30.6 Å². The standard InChI is InChI=1S/C23H32N2O4S/c1-29-20-5-2-6-21(12-20)30(27,28)25-7-3-4-19(25)11-22(26)24-23-13-16-8-17(14-23)10-18(9-16)15-23/h2,5-6,12,16-19H,3-4,7-11,13-15H2,1H3,(H,24,26). The quantitative estimate of drug-likeness (QED) is 0.748. The normalized spacial score (nSPS) is 35.5. The van der Waals surface area contributed by atoms with E-state index in [1.54, 1.807) is 24.3 Å². The number of sulfonamides is 1. The predicted octanol–water partition coefficient (Wildman–Crippen LogP) is 3.32. The summed E-state index contributed by atoms with van der Waals surface area (Å²) in [4.78, 5) is 13.3. The molecule has 6 nitrogen and oxygen atoms in total. The van der Waals surface area contributed by atoms with E-state index in [1.165, 1.54) is 30.7 Å². The minimum atomic E-state index is -3.65. The van der Waals surface area contributed by atoms with Crippen molar-refractivity contribution in [2.75, 3.05) is 13.7 Å². The number of hydrogen-bond acceptors (Lipinski definition) is 4. The number of methoxy groups -OCH3 is 1. The number of carbonyl (C=O) groups excluding carboxylic acids is 1. The number of benzene rings is 1. The lowest BCUT2D eigenvalue weighted by Gasteiger charge is -2.57. The molecule has 1 aliphatic heterocycles. The van der Waals surface area contributed by atoms with Crippen molar-refractivity contribution in [3.8, 4) is 5.75 Å². The average molecular weight is 433 g/mol. The Morgan fingerprint density at radius 3 is 2.47 bits per heavy atom. The van der Waals surface area contributed by atoms with E-state index >= 15 is 0 Å². The summed E-state index contributed by atoms with van der Waals surface area (Å²) in [5.74, 6) is 2.86. The van der Waals surface area contributed by atoms with Gasteiger partial charge in [-0.2, -0.15) is 4.31 Å². The molecule has 1 heterocycles. The summed E-state index contributed by atoms with van der Waals surface area (Å²) in [6.07, 6.45) is 9.13. The first kappa shape index (κ1) is 20.3. The van der Waals surface area contributed by atoms with Gasteiger partial charge in [-0.3, -0.25) is 4.79 Å². The van der Waals surface area contributed by atoms with E-state index < -0.39 is 10.0 Å². The molecule has 5 fully saturated rings. The van der Waals surface area contributed by atoms with Gasteiger partial charge in [0.05, 0.1) is 12.0 Å². The molecule has 0 aromatic heterocycles. The van der Waals surface area contributed by atoms with Crippen molar-refractivity contribution in [3.63, 3.8) is 0 Å². The number of amides is 1. The molecule has 4 bridgehead atoms. The summed E-state index contributed by atoms with van der Waals surface area (Å²) >= 11 is 0. The highest BCUT2D eigenvalue weighted by molar-refractivity contribution is 7.89. The van der Waals surface area contributed by atoms with Gasteiger partial charge < -0.3 is 10.1 Å². The highest BCUT2D eigenvalue weighted by Crippen LogP contribution is 2.55. The van der Waals surface area contributed by atoms with Crippen LogP contribution in [0.2, 0.25) is 0 Å². The Kier molecular flexibility index (Phi) is 5.09. The zero-order valence-corrected chi connectivity index (χ0v) is 18.5. The molecule has 1 saturated heterocycles. The van der Waals surface area contributed by atoms with Crippen LogP contribution in [0, 0.1) is 17.8 Å². The molecule has 4 aliphatic carbocycles. The molecular formula is C23H32N2O4S. The second-order valence-electron chi connectivity index (χ2n) is 10.0. The smallest absolute Gasteiger partial charge is 0.243 e. The zero-order valence-electron chi connectivity index (χ0n) is 17.7. The predicted molar refractivity (Wildman–Crippen MR) is 114 cm³/mol. The molecule has 30 heavy (non-hydrogen) atoms. The molecule has 1 atom stereocenters. The van der Waals surface area contributed by atoms with Gasteiger partial charge in [-0.05, 0) is 81.3 Å². The maximum absolute atomic E-state index is 13.2. The third-order valence-corrected chi connectivity index (χ3v) is 9.78. The first-order chi connectivity index (χ1) is 14.4. The van der Waals surface area contributed by atoms with E-state index in [-0.39, 0.29) is 28.8 Å². The molecule has 0 radical (unpaired) electrons. The van der Waals surface area contributed by atoms with Crippen LogP contribution in [0.1, 0.15) is 57.8 Å². The van der Waals surface area contributed by atoms with Crippen LogP contribution in [0.5, 0.6) is 5.75 Å². The van der Waals surface area contributed by atoms with Crippen LogP contribution < -0.4 is 10.1 Å². The summed E-state index contributed by atoms with van der Waals surface area (Å²) in [7, 11) is -2.12. The molecule has 6 rings (SSSR count). The maximum atomic E-state index is 13.2. The van der Waals surface area contributed by atoms with Crippen molar-refractivity contribution in [3.05, 3.63) is 24.3 Å². The van der Waals surface area contributed by atoms with Crippen molar-refractivity contribution in [2.24, 2.45) is 17.8 Å². The largest absolute Gasteiger partial charge is 0.497 e. The fourth-order valence-corrected chi connectivity index (χ4v) is 8.78. The van der Waals surface area contributed by atoms with E-state index in [9.17, 15) is 13.2 Å². The molecule has 7 heteroatoms. The number of hydrogen-bond donors (Lipinski definition) is 1. The maximum Gasteiger partial charge on any atom is 0.243 e. The molecule has 1 unspecified atom stereocenters. The van der Waals surface area contributed by atoms with Gasteiger partial charge in [-0.1, -0.05) is 6.07 Å². The molecule has 4 saturated carbocycles. The van der Waals surface area contributed by atoms with Gasteiger partial charge in [0.1, 0.15) is 5.75 Å². The Labute approximate surface area is 179 Å². The highest BCUT2D eigenvalue weighted by Gasteiger charge is 2.51. The van der Waals surface area contributed by atoms with E-state index in [2.05, 4.69) is 5.32 Å². The molecular weight excluding hydrogens is 400 g/mol. The first-order valence-corrected chi connectivity index (χ1v) is 12.8. The number of nitrogens with zero attached hydrogens (tertiary/aromatic N) is 1. The number of rotatable bonds is 6. The van der Waals surface area contributed by atoms with Crippen LogP contribution in [-0.4, -0.2) is 43.9 Å². The summed E-state index contributed by atoms with van der Waals surface area (Å²) < 4.78 is 33.2. The minimum Gasteiger partial charge on any atom is -0.497 e. The topological polar surface area (TPSA) is 75.7 Å². The monoisotopic (exact) mass is 432 g/mol. The van der Waals surface area contributed by atoms with Crippen LogP contribution in [0.25, 0.3) is 0 Å². The van der Waals surface area contributed by atoms with Crippen molar-refractivity contribution >= 4 is 15.9 Å². The van der Waals surface area contributed by atoms with Crippen LogP contribution in [0.15, 0.2) is 29.2 Å². The van der Waals surface area contributed by atoms with Crippen molar-refractivity contribution in [2.45, 2.75) is 74.3 Å². The third-order valence-electron chi connectivity index (χ3n) is 7.83. The number of carbonyl (C=O) groups is 1. The second kappa shape index (κ2) is 7.52. The molecule has 5 aliphatic rings. The average Bonchev–Trinajstić information content (AvgIpc) is 3.15. The fraction of sp³-hybridized carbons (Fsp3) is 0.696. The van der Waals surface area contributed by atoms with Crippen molar-refractivity contribution in [1.29, 1.82) is 0 Å². The SMILES string of the molecule is COc1cccc(S(=O)(=O)N2CCCC2CC(=O)NC23CC4CC(CC(C4)C2)C3)c1. The van der Waals surface area contributed by atoms with Gasteiger partial charge >= 0.3 is 0 Å². The first-order valence-electron chi connectivity index (χ1n) is 11.3. The summed E-state index contributed by atoms with van der Waals surface area (Å²) in [6, 6.07) is 6.31. The lowest BCUT2D eigenvalue weighted by molar-refractivity contribution is -0.127. The van der Waals surface area contributed by atoms with E-state index in [4.69, 9.17) is 4.74 Å². The minimum absolute atomic E-state index is 0.0229. The number of ether oxygens (including phenoxy) is 1. The fourth-order valence-electron chi connectivity index (χ4n) is 7.05. The van der Waals surface area contributed by atoms with Gasteiger partial charge in [-0.15, -0.1) is 0 Å².